The van der Waals surface area contributed by atoms with Gasteiger partial charge in [-0.15, -0.1) is 0 Å². The molecular formula is C64H66N4O. The number of aromatic nitrogens is 2. The number of anilines is 4. The summed E-state index contributed by atoms with van der Waals surface area (Å²) in [5, 5.41) is 1.03. The Balaban J connectivity index is 1.15. The van der Waals surface area contributed by atoms with E-state index in [0.717, 1.165) is 50.4 Å². The third-order valence-electron chi connectivity index (χ3n) is 13.3. The van der Waals surface area contributed by atoms with E-state index in [1.165, 1.54) is 0 Å². The Morgan fingerprint density at radius 1 is 0.478 bits per heavy atom. The van der Waals surface area contributed by atoms with Crippen LogP contribution in [-0.4, -0.2) is 16.2 Å². The average Bonchev–Trinajstić information content (AvgIpc) is 4.01. The molecule has 0 saturated carbocycles. The van der Waals surface area contributed by atoms with Gasteiger partial charge in [0, 0.05) is 45.9 Å². The molecule has 0 radical (unpaired) electrons. The second-order valence-electron chi connectivity index (χ2n) is 22.4. The van der Waals surface area contributed by atoms with E-state index in [2.05, 4.69) is 129 Å². The topological polar surface area (TPSA) is 33.5 Å². The molecule has 0 bridgehead atoms. The SMILES string of the molecule is [2H]c1c([2H])c([2H])c(-c2cc(C(C)(C)C)cc(-c3cc(C(C)(C)C)cc(C(C)(C)C)c3)c2N2CN(c3cccc(Oc4ccc5c6c([2H])c([2H])c([2H])c([2H])c6n(-c6cc(C(C)(C)C)ccn6)c5c4)c3)c3ccccc32)c([2H])c1[2H]. The minimum atomic E-state index is -0.449. The van der Waals surface area contributed by atoms with Crippen LogP contribution >= 0.6 is 0 Å². The van der Waals surface area contributed by atoms with Gasteiger partial charge in [-0.2, -0.15) is 0 Å². The van der Waals surface area contributed by atoms with E-state index in [1.54, 1.807) is 10.8 Å². The monoisotopic (exact) mass is 916 g/mol. The zero-order valence-electron chi connectivity index (χ0n) is 50.9. The first-order valence-corrected chi connectivity index (χ1v) is 23.8. The summed E-state index contributed by atoms with van der Waals surface area (Å²) in [6.45, 7) is 26.3. The summed E-state index contributed by atoms with van der Waals surface area (Å²) in [7, 11) is 0. The number of hydrogen-bond acceptors (Lipinski definition) is 4. The minimum absolute atomic E-state index is 0.129. The number of para-hydroxylation sites is 3. The van der Waals surface area contributed by atoms with Crippen LogP contribution in [0.4, 0.5) is 22.7 Å². The van der Waals surface area contributed by atoms with Crippen LogP contribution in [0.2, 0.25) is 0 Å². The highest BCUT2D eigenvalue weighted by Gasteiger charge is 2.34. The van der Waals surface area contributed by atoms with Crippen molar-refractivity contribution < 1.29 is 17.1 Å². The van der Waals surface area contributed by atoms with E-state index in [-0.39, 0.29) is 64.7 Å². The van der Waals surface area contributed by atoms with Gasteiger partial charge in [-0.05, 0) is 122 Å². The fourth-order valence-corrected chi connectivity index (χ4v) is 9.29. The van der Waals surface area contributed by atoms with Crippen LogP contribution in [-0.2, 0) is 21.7 Å². The molecule has 0 spiro atoms. The molecule has 1 aliphatic rings. The lowest BCUT2D eigenvalue weighted by molar-refractivity contribution is 0.483. The third kappa shape index (κ3) is 8.69. The lowest BCUT2D eigenvalue weighted by Crippen LogP contribution is -2.25. The summed E-state index contributed by atoms with van der Waals surface area (Å²) in [6.07, 6.45) is 1.73. The second kappa shape index (κ2) is 16.8. The molecule has 10 rings (SSSR count). The van der Waals surface area contributed by atoms with Crippen LogP contribution in [0.1, 0.15) is 118 Å². The maximum Gasteiger partial charge on any atom is 0.137 e. The number of benzene rings is 7. The molecule has 1 aliphatic heterocycles. The van der Waals surface area contributed by atoms with E-state index in [0.29, 0.717) is 50.4 Å². The van der Waals surface area contributed by atoms with Crippen molar-refractivity contribution >= 4 is 44.6 Å². The number of ether oxygens (including phenoxy) is 1. The molecule has 0 saturated heterocycles. The van der Waals surface area contributed by atoms with Crippen molar-refractivity contribution in [1.82, 2.24) is 9.55 Å². The van der Waals surface area contributed by atoms with Gasteiger partial charge in [0.1, 0.15) is 24.0 Å². The Bertz CT molecular complexity index is 3870. The lowest BCUT2D eigenvalue weighted by atomic mass is 9.77. The van der Waals surface area contributed by atoms with Crippen molar-refractivity contribution in [2.75, 3.05) is 16.5 Å². The van der Waals surface area contributed by atoms with Crippen LogP contribution in [0.5, 0.6) is 11.5 Å². The van der Waals surface area contributed by atoms with Crippen molar-refractivity contribution in [3.63, 3.8) is 0 Å². The number of pyridine rings is 1. The molecule has 5 heteroatoms. The van der Waals surface area contributed by atoms with Gasteiger partial charge >= 0.3 is 0 Å². The first kappa shape index (κ1) is 36.0. The maximum absolute atomic E-state index is 9.45. The highest BCUT2D eigenvalue weighted by atomic mass is 16.5. The summed E-state index contributed by atoms with van der Waals surface area (Å²) in [6, 6.07) is 33.7. The van der Waals surface area contributed by atoms with E-state index in [4.69, 9.17) is 19.3 Å². The molecule has 0 fully saturated rings. The molecular weight excluding hydrogens is 841 g/mol. The van der Waals surface area contributed by atoms with E-state index >= 15 is 0 Å². The van der Waals surface area contributed by atoms with E-state index in [9.17, 15) is 2.74 Å². The van der Waals surface area contributed by atoms with Gasteiger partial charge in [0.15, 0.2) is 0 Å². The van der Waals surface area contributed by atoms with Gasteiger partial charge in [-0.3, -0.25) is 4.57 Å². The van der Waals surface area contributed by atoms with Crippen molar-refractivity contribution in [2.45, 2.75) is 105 Å². The fourth-order valence-electron chi connectivity index (χ4n) is 9.29. The number of nitrogens with zero attached hydrogens (tertiary/aromatic N) is 4. The predicted octanol–water partition coefficient (Wildman–Crippen LogP) is 17.7. The average molecular weight is 916 g/mol. The predicted molar refractivity (Wildman–Crippen MR) is 293 cm³/mol. The minimum Gasteiger partial charge on any atom is -0.457 e. The molecule has 9 aromatic rings. The number of rotatable bonds is 7. The molecule has 0 unspecified atom stereocenters. The Labute approximate surface area is 422 Å². The second-order valence-corrected chi connectivity index (χ2v) is 22.4. The highest BCUT2D eigenvalue weighted by Crippen LogP contribution is 2.52. The standard InChI is InChI=1S/C64H66N4O/c1-61(2,3)44-31-32-65-59(38-44)68-55-26-17-16-25-51(55)52-30-29-50(40-58(52)68)69-49-24-20-23-48(39-49)66-41-67(57-28-19-18-27-56(57)66)60-53(42-21-14-13-15-22-42)36-47(64(10,11)12)37-54(60)43-33-45(62(4,5)6)35-46(34-43)63(7,8)9/h13-40H,41H2,1-12H3/i13D,14D,15D,16D,17D,21D,22D,25D,26D. The van der Waals surface area contributed by atoms with Gasteiger partial charge < -0.3 is 14.5 Å². The van der Waals surface area contributed by atoms with Gasteiger partial charge in [0.2, 0.25) is 0 Å². The summed E-state index contributed by atoms with van der Waals surface area (Å²) >= 11 is 0. The normalized spacial score (nSPS) is 15.2. The Morgan fingerprint density at radius 2 is 1.07 bits per heavy atom. The molecule has 0 aliphatic carbocycles. The number of hydrogen-bond donors (Lipinski definition) is 0. The quantitative estimate of drug-likeness (QED) is 0.160. The zero-order chi connectivity index (χ0) is 56.5. The molecule has 2 aromatic heterocycles. The van der Waals surface area contributed by atoms with Crippen molar-refractivity contribution in [2.24, 2.45) is 0 Å². The van der Waals surface area contributed by atoms with Crippen molar-refractivity contribution in [1.29, 1.82) is 0 Å². The van der Waals surface area contributed by atoms with E-state index < -0.39 is 23.5 Å². The molecule has 5 nitrogen and oxygen atoms in total. The first-order valence-electron chi connectivity index (χ1n) is 28.3. The molecule has 0 atom stereocenters. The Hall–Kier alpha value is -7.11. The lowest BCUT2D eigenvalue weighted by Gasteiger charge is -2.31. The molecule has 7 aromatic carbocycles. The van der Waals surface area contributed by atoms with Crippen LogP contribution < -0.4 is 14.5 Å². The molecule has 348 valence electrons. The van der Waals surface area contributed by atoms with E-state index in [1.807, 2.05) is 72.8 Å². The first-order chi connectivity index (χ1) is 36.4. The maximum atomic E-state index is 9.45. The summed E-state index contributed by atoms with van der Waals surface area (Å²) in [4.78, 5) is 9.16. The van der Waals surface area contributed by atoms with Gasteiger partial charge in [-0.25, -0.2) is 4.98 Å². The van der Waals surface area contributed by atoms with Crippen LogP contribution in [0, 0.1) is 0 Å². The van der Waals surface area contributed by atoms with Crippen LogP contribution in [0.3, 0.4) is 0 Å². The largest absolute Gasteiger partial charge is 0.457 e. The van der Waals surface area contributed by atoms with Gasteiger partial charge in [0.05, 0.1) is 40.4 Å². The van der Waals surface area contributed by atoms with Crippen molar-refractivity contribution in [3.8, 4) is 39.6 Å². The zero-order valence-corrected chi connectivity index (χ0v) is 41.9. The highest BCUT2D eigenvalue weighted by molar-refractivity contribution is 6.09. The fraction of sp³-hybridized carbons (Fsp3) is 0.266. The molecule has 0 amide bonds. The van der Waals surface area contributed by atoms with Gasteiger partial charge in [-0.1, -0.05) is 168 Å². The molecule has 3 heterocycles. The molecule has 69 heavy (non-hydrogen) atoms. The van der Waals surface area contributed by atoms with Crippen molar-refractivity contribution in [3.05, 3.63) is 192 Å². The number of fused-ring (bicyclic) bond motifs is 4. The molecule has 0 N–H and O–H groups in total. The Kier molecular flexibility index (Phi) is 8.77. The van der Waals surface area contributed by atoms with Crippen LogP contribution in [0.15, 0.2) is 170 Å². The van der Waals surface area contributed by atoms with Crippen LogP contribution in [0.25, 0.3) is 49.9 Å². The summed E-state index contributed by atoms with van der Waals surface area (Å²) in [5.74, 6) is 1.53. The Morgan fingerprint density at radius 3 is 1.74 bits per heavy atom. The third-order valence-corrected chi connectivity index (χ3v) is 13.3. The van der Waals surface area contributed by atoms with Gasteiger partial charge in [0.25, 0.3) is 0 Å². The summed E-state index contributed by atoms with van der Waals surface area (Å²) < 4.78 is 89.3. The smallest absolute Gasteiger partial charge is 0.137 e. The summed E-state index contributed by atoms with van der Waals surface area (Å²) in [5.41, 5.74) is 9.92.